The minimum atomic E-state index is 0.817. The second-order valence-corrected chi connectivity index (χ2v) is 10.1. The van der Waals surface area contributed by atoms with Crippen LogP contribution in [0.25, 0.3) is 22.5 Å². The fourth-order valence-corrected chi connectivity index (χ4v) is 5.34. The summed E-state index contributed by atoms with van der Waals surface area (Å²) in [4.78, 5) is 9.78. The Morgan fingerprint density at radius 3 is 2.85 bits per heavy atom. The van der Waals surface area contributed by atoms with E-state index in [0.717, 1.165) is 89.3 Å². The van der Waals surface area contributed by atoms with Crippen molar-refractivity contribution in [3.8, 4) is 11.4 Å². The molecule has 4 heterocycles. The van der Waals surface area contributed by atoms with E-state index in [1.807, 2.05) is 31.3 Å². The molecule has 3 aliphatic rings. The van der Waals surface area contributed by atoms with Crippen molar-refractivity contribution >= 4 is 11.1 Å². The van der Waals surface area contributed by atoms with Crippen molar-refractivity contribution in [3.63, 3.8) is 0 Å². The molecule has 2 aliphatic carbocycles. The van der Waals surface area contributed by atoms with E-state index in [1.165, 1.54) is 5.82 Å². The Bertz CT molecular complexity index is 1650. The molecular formula is C34H33N5. The zero-order valence-corrected chi connectivity index (χ0v) is 22.6. The second-order valence-electron chi connectivity index (χ2n) is 10.1. The maximum absolute atomic E-state index is 5.10. The zero-order valence-electron chi connectivity index (χ0n) is 22.6. The predicted octanol–water partition coefficient (Wildman–Crippen LogP) is 7.65. The van der Waals surface area contributed by atoms with Gasteiger partial charge in [-0.3, -0.25) is 10.1 Å². The van der Waals surface area contributed by atoms with Gasteiger partial charge in [0.05, 0.1) is 11.4 Å². The number of hydrogen-bond donors (Lipinski definition) is 1. The molecule has 39 heavy (non-hydrogen) atoms. The SMILES string of the molecule is CC/C1=C\CCn2cc(C3=C\CC=C=C4\C=C/C(c5c[nH]nc5-c5cccc(C)n5)=C/C=C/C4=C/3)nc2CC1. The van der Waals surface area contributed by atoms with E-state index in [1.54, 1.807) is 5.57 Å². The van der Waals surface area contributed by atoms with Crippen molar-refractivity contribution in [1.29, 1.82) is 0 Å². The number of hydrogen-bond acceptors (Lipinski definition) is 3. The Labute approximate surface area is 230 Å². The van der Waals surface area contributed by atoms with Crippen molar-refractivity contribution in [1.82, 2.24) is 24.7 Å². The molecule has 0 saturated carbocycles. The van der Waals surface area contributed by atoms with Crippen LogP contribution >= 0.6 is 0 Å². The van der Waals surface area contributed by atoms with Crippen LogP contribution in [0.5, 0.6) is 0 Å². The van der Waals surface area contributed by atoms with Crippen molar-refractivity contribution in [2.24, 2.45) is 0 Å². The summed E-state index contributed by atoms with van der Waals surface area (Å²) in [5.74, 6) is 1.19. The number of fused-ring (bicyclic) bond motifs is 2. The van der Waals surface area contributed by atoms with Gasteiger partial charge in [-0.15, -0.1) is 5.73 Å². The lowest BCUT2D eigenvalue weighted by atomic mass is 9.95. The molecule has 0 spiro atoms. The van der Waals surface area contributed by atoms with Crippen LogP contribution in [0.1, 0.15) is 55.4 Å². The number of pyridine rings is 1. The molecule has 0 aromatic carbocycles. The number of H-pyrrole nitrogens is 1. The van der Waals surface area contributed by atoms with Crippen LogP contribution in [0.2, 0.25) is 0 Å². The van der Waals surface area contributed by atoms with Crippen molar-refractivity contribution in [2.45, 2.75) is 52.5 Å². The van der Waals surface area contributed by atoms with Gasteiger partial charge < -0.3 is 4.57 Å². The van der Waals surface area contributed by atoms with Crippen molar-refractivity contribution in [3.05, 3.63) is 131 Å². The summed E-state index contributed by atoms with van der Waals surface area (Å²) in [7, 11) is 0. The minimum absolute atomic E-state index is 0.817. The molecule has 3 aromatic rings. The number of nitrogens with one attached hydrogen (secondary N) is 1. The summed E-state index contributed by atoms with van der Waals surface area (Å²) in [6, 6.07) is 6.02. The van der Waals surface area contributed by atoms with Gasteiger partial charge in [-0.1, -0.05) is 55.0 Å². The highest BCUT2D eigenvalue weighted by Crippen LogP contribution is 2.31. The fraction of sp³-hybridized carbons (Fsp3) is 0.235. The monoisotopic (exact) mass is 511 g/mol. The van der Waals surface area contributed by atoms with E-state index in [2.05, 4.69) is 93.3 Å². The highest BCUT2D eigenvalue weighted by Gasteiger charge is 2.16. The number of aromatic nitrogens is 5. The Hall–Kier alpha value is -4.47. The molecule has 0 atom stereocenters. The van der Waals surface area contributed by atoms with E-state index in [-0.39, 0.29) is 0 Å². The molecular weight excluding hydrogens is 478 g/mol. The summed E-state index contributed by atoms with van der Waals surface area (Å²) in [6.45, 7) is 5.24. The molecule has 0 fully saturated rings. The van der Waals surface area contributed by atoms with Crippen LogP contribution in [0.15, 0.2) is 108 Å². The number of aromatic amines is 1. The highest BCUT2D eigenvalue weighted by atomic mass is 15.1. The van der Waals surface area contributed by atoms with Crippen LogP contribution in [0.4, 0.5) is 0 Å². The van der Waals surface area contributed by atoms with Crippen LogP contribution in [0, 0.1) is 6.92 Å². The average molecular weight is 512 g/mol. The Morgan fingerprint density at radius 1 is 1.00 bits per heavy atom. The highest BCUT2D eigenvalue weighted by molar-refractivity contribution is 5.85. The number of aryl methyl sites for hydroxylation is 3. The Morgan fingerprint density at radius 2 is 1.95 bits per heavy atom. The van der Waals surface area contributed by atoms with Crippen LogP contribution in [-0.2, 0) is 13.0 Å². The maximum Gasteiger partial charge on any atom is 0.118 e. The van der Waals surface area contributed by atoms with E-state index in [9.17, 15) is 0 Å². The lowest BCUT2D eigenvalue weighted by Gasteiger charge is -2.11. The van der Waals surface area contributed by atoms with Crippen LogP contribution < -0.4 is 0 Å². The predicted molar refractivity (Wildman–Crippen MR) is 159 cm³/mol. The number of nitrogens with zero attached hydrogens (tertiary/aromatic N) is 4. The van der Waals surface area contributed by atoms with Gasteiger partial charge in [0.25, 0.3) is 0 Å². The largest absolute Gasteiger partial charge is 0.334 e. The second kappa shape index (κ2) is 11.1. The third kappa shape index (κ3) is 5.41. The minimum Gasteiger partial charge on any atom is -0.334 e. The molecule has 1 N–H and O–H groups in total. The molecule has 5 nitrogen and oxygen atoms in total. The topological polar surface area (TPSA) is 59.4 Å². The van der Waals surface area contributed by atoms with Gasteiger partial charge in [-0.05, 0) is 79.7 Å². The first-order chi connectivity index (χ1) is 19.2. The summed E-state index contributed by atoms with van der Waals surface area (Å²) >= 11 is 0. The zero-order chi connectivity index (χ0) is 26.6. The molecule has 0 radical (unpaired) electrons. The maximum atomic E-state index is 5.10. The number of imidazole rings is 1. The molecule has 194 valence electrons. The molecule has 0 amide bonds. The van der Waals surface area contributed by atoms with Gasteiger partial charge >= 0.3 is 0 Å². The summed E-state index contributed by atoms with van der Waals surface area (Å²) in [5.41, 5.74) is 14.2. The third-order valence-electron chi connectivity index (χ3n) is 7.48. The normalized spacial score (nSPS) is 24.1. The molecule has 0 saturated heterocycles. The number of rotatable bonds is 4. The van der Waals surface area contributed by atoms with Crippen molar-refractivity contribution < 1.29 is 0 Å². The summed E-state index contributed by atoms with van der Waals surface area (Å²) in [6.07, 6.45) is 29.0. The molecule has 0 bridgehead atoms. The van der Waals surface area contributed by atoms with Gasteiger partial charge in [0.15, 0.2) is 0 Å². The lowest BCUT2D eigenvalue weighted by molar-refractivity contribution is 0.632. The number of allylic oxidation sites excluding steroid dienone is 13. The Kier molecular flexibility index (Phi) is 7.07. The molecule has 6 rings (SSSR count). The average Bonchev–Trinajstić information content (AvgIpc) is 3.55. The first kappa shape index (κ1) is 24.8. The van der Waals surface area contributed by atoms with Crippen LogP contribution in [0.3, 0.4) is 0 Å². The van der Waals surface area contributed by atoms with Gasteiger partial charge in [0.1, 0.15) is 11.5 Å². The van der Waals surface area contributed by atoms with E-state index in [4.69, 9.17) is 4.98 Å². The smallest absolute Gasteiger partial charge is 0.118 e. The van der Waals surface area contributed by atoms with Gasteiger partial charge in [-0.25, -0.2) is 4.98 Å². The molecule has 3 aromatic heterocycles. The summed E-state index contributed by atoms with van der Waals surface area (Å²) in [5, 5.41) is 7.55. The molecule has 0 unspecified atom stereocenters. The quantitative estimate of drug-likeness (QED) is 0.289. The van der Waals surface area contributed by atoms with Crippen molar-refractivity contribution in [2.75, 3.05) is 0 Å². The first-order valence-electron chi connectivity index (χ1n) is 13.8. The van der Waals surface area contributed by atoms with E-state index >= 15 is 0 Å². The molecule has 5 heteroatoms. The fourth-order valence-electron chi connectivity index (χ4n) is 5.34. The van der Waals surface area contributed by atoms with Crippen LogP contribution in [-0.4, -0.2) is 24.7 Å². The van der Waals surface area contributed by atoms with E-state index in [0.29, 0.717) is 0 Å². The standard InChI is InChI=1S/C34H33N5/c1-3-25-10-8-20-39-23-32(37-33(39)19-16-25)29-12-5-4-11-26-17-18-27(13-7-14-28(26)21-29)30-22-35-38-34(30)31-15-6-9-24(2)36-31/h4,6-7,9-10,12-15,17-18,21-23H,3,5,8,16,19-20H2,1-2H3,(H,35,38)/b14-7+,18-17-,25-10+,27-13-,28-21-,29-12+. The van der Waals surface area contributed by atoms with Gasteiger partial charge in [-0.2, -0.15) is 5.10 Å². The lowest BCUT2D eigenvalue weighted by Crippen LogP contribution is -2.06. The first-order valence-corrected chi connectivity index (χ1v) is 13.8. The third-order valence-corrected chi connectivity index (χ3v) is 7.48. The van der Waals surface area contributed by atoms with E-state index < -0.39 is 0 Å². The summed E-state index contributed by atoms with van der Waals surface area (Å²) < 4.78 is 2.34. The molecule has 1 aliphatic heterocycles. The van der Waals surface area contributed by atoms with Gasteiger partial charge in [0, 0.05) is 42.2 Å². The van der Waals surface area contributed by atoms with Gasteiger partial charge in [0.2, 0.25) is 0 Å². The Balaban J connectivity index is 1.31.